The maximum absolute atomic E-state index is 12.2. The Labute approximate surface area is 165 Å². The summed E-state index contributed by atoms with van der Waals surface area (Å²) in [5.74, 6) is -0.399. The summed E-state index contributed by atoms with van der Waals surface area (Å²) in [5, 5.41) is 13.8. The first kappa shape index (κ1) is 19.9. The summed E-state index contributed by atoms with van der Waals surface area (Å²) in [5.41, 5.74) is 2.47. The molecule has 28 heavy (non-hydrogen) atoms. The van der Waals surface area contributed by atoms with Crippen LogP contribution in [0.2, 0.25) is 0 Å². The van der Waals surface area contributed by atoms with Crippen LogP contribution in [0.25, 0.3) is 0 Å². The number of amides is 1. The van der Waals surface area contributed by atoms with Crippen LogP contribution in [0.4, 0.5) is 11.4 Å². The highest BCUT2D eigenvalue weighted by Crippen LogP contribution is 2.20. The zero-order valence-electron chi connectivity index (χ0n) is 16.1. The standard InChI is InChI=1S/C22H27N3O3/c26-22(20-9-3-4-10-21(20)25(27)28)23-15-7-8-18-11-13-19(14-12-18)24-16-5-1-2-6-17-24/h3-4,9-14H,1-2,5-8,15-17H2,(H,23,26). The SMILES string of the molecule is O=C(NCCCc1ccc(N2CCCCCC2)cc1)c1ccccc1[N+](=O)[O-]. The number of carbonyl (C=O) groups excluding carboxylic acids is 1. The van der Waals surface area contributed by atoms with Crippen molar-refractivity contribution in [1.82, 2.24) is 5.32 Å². The van der Waals surface area contributed by atoms with Gasteiger partial charge in [-0.2, -0.15) is 0 Å². The fraction of sp³-hybridized carbons (Fsp3) is 0.409. The van der Waals surface area contributed by atoms with E-state index >= 15 is 0 Å². The van der Waals surface area contributed by atoms with Crippen LogP contribution < -0.4 is 10.2 Å². The van der Waals surface area contributed by atoms with Crippen molar-refractivity contribution in [1.29, 1.82) is 0 Å². The Balaban J connectivity index is 1.46. The lowest BCUT2D eigenvalue weighted by atomic mass is 10.1. The van der Waals surface area contributed by atoms with Crippen molar-refractivity contribution < 1.29 is 9.72 Å². The number of nitro groups is 1. The number of carbonyl (C=O) groups is 1. The molecule has 2 aromatic rings. The largest absolute Gasteiger partial charge is 0.372 e. The van der Waals surface area contributed by atoms with Gasteiger partial charge >= 0.3 is 0 Å². The van der Waals surface area contributed by atoms with Crippen LogP contribution in [0.15, 0.2) is 48.5 Å². The molecule has 0 saturated carbocycles. The van der Waals surface area contributed by atoms with Crippen molar-refractivity contribution in [3.8, 4) is 0 Å². The summed E-state index contributed by atoms with van der Waals surface area (Å²) in [7, 11) is 0. The highest BCUT2D eigenvalue weighted by atomic mass is 16.6. The Bertz CT molecular complexity index is 797. The molecule has 1 N–H and O–H groups in total. The Morgan fingerprint density at radius 3 is 2.36 bits per heavy atom. The van der Waals surface area contributed by atoms with Gasteiger partial charge in [-0.15, -0.1) is 0 Å². The molecule has 0 bridgehead atoms. The number of rotatable bonds is 7. The molecule has 0 unspecified atom stereocenters. The van der Waals surface area contributed by atoms with E-state index in [-0.39, 0.29) is 11.3 Å². The Hall–Kier alpha value is -2.89. The molecule has 1 aliphatic heterocycles. The molecule has 0 radical (unpaired) electrons. The van der Waals surface area contributed by atoms with Gasteiger partial charge in [-0.3, -0.25) is 14.9 Å². The molecule has 1 aliphatic rings. The second-order valence-electron chi connectivity index (χ2n) is 7.20. The number of hydrogen-bond donors (Lipinski definition) is 1. The third-order valence-corrected chi connectivity index (χ3v) is 5.18. The van der Waals surface area contributed by atoms with Crippen LogP contribution in [0.3, 0.4) is 0 Å². The van der Waals surface area contributed by atoms with Crippen LogP contribution in [-0.4, -0.2) is 30.5 Å². The van der Waals surface area contributed by atoms with E-state index in [1.165, 1.54) is 49.1 Å². The third-order valence-electron chi connectivity index (χ3n) is 5.18. The summed E-state index contributed by atoms with van der Waals surface area (Å²) >= 11 is 0. The Morgan fingerprint density at radius 2 is 1.68 bits per heavy atom. The molecular weight excluding hydrogens is 354 g/mol. The van der Waals surface area contributed by atoms with E-state index in [1.807, 2.05) is 0 Å². The number of anilines is 1. The van der Waals surface area contributed by atoms with Crippen molar-refractivity contribution in [3.63, 3.8) is 0 Å². The quantitative estimate of drug-likeness (QED) is 0.440. The number of hydrogen-bond acceptors (Lipinski definition) is 4. The molecule has 0 aliphatic carbocycles. The van der Waals surface area contributed by atoms with Gasteiger partial charge in [0, 0.05) is 31.4 Å². The highest BCUT2D eigenvalue weighted by Gasteiger charge is 2.18. The number of nitro benzene ring substituents is 1. The molecular formula is C22H27N3O3. The molecule has 0 spiro atoms. The monoisotopic (exact) mass is 381 g/mol. The lowest BCUT2D eigenvalue weighted by Gasteiger charge is -2.22. The molecule has 2 aromatic carbocycles. The predicted octanol–water partition coefficient (Wildman–Crippen LogP) is 4.34. The van der Waals surface area contributed by atoms with E-state index in [9.17, 15) is 14.9 Å². The van der Waals surface area contributed by atoms with E-state index in [1.54, 1.807) is 12.1 Å². The van der Waals surface area contributed by atoms with E-state index < -0.39 is 10.8 Å². The number of nitrogens with one attached hydrogen (secondary N) is 1. The minimum atomic E-state index is -0.527. The summed E-state index contributed by atoms with van der Waals surface area (Å²) < 4.78 is 0. The highest BCUT2D eigenvalue weighted by molar-refractivity contribution is 5.98. The van der Waals surface area contributed by atoms with Crippen LogP contribution >= 0.6 is 0 Å². The van der Waals surface area contributed by atoms with E-state index in [0.29, 0.717) is 6.54 Å². The molecule has 0 aromatic heterocycles. The number of benzene rings is 2. The first-order valence-electron chi connectivity index (χ1n) is 10.0. The normalized spacial score (nSPS) is 14.4. The second kappa shape index (κ2) is 9.88. The van der Waals surface area contributed by atoms with Gasteiger partial charge < -0.3 is 10.2 Å². The first-order chi connectivity index (χ1) is 13.6. The van der Waals surface area contributed by atoms with E-state index in [0.717, 1.165) is 25.9 Å². The van der Waals surface area contributed by atoms with Crippen LogP contribution in [0.5, 0.6) is 0 Å². The topological polar surface area (TPSA) is 75.5 Å². The molecule has 1 saturated heterocycles. The van der Waals surface area contributed by atoms with Crippen molar-refractivity contribution in [3.05, 3.63) is 69.8 Å². The average molecular weight is 381 g/mol. The van der Waals surface area contributed by atoms with E-state index in [4.69, 9.17) is 0 Å². The molecule has 3 rings (SSSR count). The van der Waals surface area contributed by atoms with Crippen molar-refractivity contribution in [2.45, 2.75) is 38.5 Å². The Morgan fingerprint density at radius 1 is 1.00 bits per heavy atom. The predicted molar refractivity (Wildman–Crippen MR) is 111 cm³/mol. The smallest absolute Gasteiger partial charge is 0.282 e. The van der Waals surface area contributed by atoms with Crippen molar-refractivity contribution in [2.75, 3.05) is 24.5 Å². The minimum absolute atomic E-state index is 0.106. The van der Waals surface area contributed by atoms with Gasteiger partial charge in [0.1, 0.15) is 5.56 Å². The van der Waals surface area contributed by atoms with Crippen LogP contribution in [0, 0.1) is 10.1 Å². The second-order valence-corrected chi connectivity index (χ2v) is 7.20. The summed E-state index contributed by atoms with van der Waals surface area (Å²) in [6, 6.07) is 14.7. The number of nitrogens with zero attached hydrogens (tertiary/aromatic N) is 2. The molecule has 0 atom stereocenters. The van der Waals surface area contributed by atoms with Gasteiger partial charge in [0.15, 0.2) is 0 Å². The van der Waals surface area contributed by atoms with Crippen molar-refractivity contribution in [2.24, 2.45) is 0 Å². The van der Waals surface area contributed by atoms with E-state index in [2.05, 4.69) is 34.5 Å². The summed E-state index contributed by atoms with van der Waals surface area (Å²) in [4.78, 5) is 25.2. The fourth-order valence-corrected chi connectivity index (χ4v) is 3.62. The van der Waals surface area contributed by atoms with Gasteiger partial charge in [-0.05, 0) is 49.4 Å². The zero-order valence-corrected chi connectivity index (χ0v) is 16.1. The maximum atomic E-state index is 12.2. The van der Waals surface area contributed by atoms with Gasteiger partial charge in [-0.25, -0.2) is 0 Å². The minimum Gasteiger partial charge on any atom is -0.372 e. The maximum Gasteiger partial charge on any atom is 0.282 e. The molecule has 6 nitrogen and oxygen atoms in total. The number of aryl methyl sites for hydroxylation is 1. The lowest BCUT2D eigenvalue weighted by molar-refractivity contribution is -0.385. The zero-order chi connectivity index (χ0) is 19.8. The van der Waals surface area contributed by atoms with Gasteiger partial charge in [0.05, 0.1) is 4.92 Å². The molecule has 1 amide bonds. The number of para-hydroxylation sites is 1. The average Bonchev–Trinajstić information content (AvgIpc) is 3.01. The van der Waals surface area contributed by atoms with Crippen LogP contribution in [-0.2, 0) is 6.42 Å². The molecule has 148 valence electrons. The van der Waals surface area contributed by atoms with Crippen LogP contribution in [0.1, 0.15) is 48.0 Å². The Kier molecular flexibility index (Phi) is 7.00. The summed E-state index contributed by atoms with van der Waals surface area (Å²) in [6.45, 7) is 2.76. The van der Waals surface area contributed by atoms with Gasteiger partial charge in [0.2, 0.25) is 0 Å². The van der Waals surface area contributed by atoms with Gasteiger partial charge in [-0.1, -0.05) is 37.1 Å². The van der Waals surface area contributed by atoms with Gasteiger partial charge in [0.25, 0.3) is 11.6 Å². The first-order valence-corrected chi connectivity index (χ1v) is 10.0. The molecule has 1 fully saturated rings. The molecule has 1 heterocycles. The molecule has 6 heteroatoms. The lowest BCUT2D eigenvalue weighted by Crippen LogP contribution is -2.25. The third kappa shape index (κ3) is 5.31. The van der Waals surface area contributed by atoms with Crippen molar-refractivity contribution >= 4 is 17.3 Å². The summed E-state index contributed by atoms with van der Waals surface area (Å²) in [6.07, 6.45) is 6.83. The fourth-order valence-electron chi connectivity index (χ4n) is 3.62.